The molecule has 0 atom stereocenters. The van der Waals surface area contributed by atoms with Gasteiger partial charge in [0.25, 0.3) is 0 Å². The summed E-state index contributed by atoms with van der Waals surface area (Å²) in [5, 5.41) is 5.93. The molecule has 0 unspecified atom stereocenters. The lowest BCUT2D eigenvalue weighted by molar-refractivity contribution is 1.18. The highest BCUT2D eigenvalue weighted by Gasteiger charge is 2.19. The third-order valence-electron chi connectivity index (χ3n) is 6.06. The van der Waals surface area contributed by atoms with Gasteiger partial charge in [-0.1, -0.05) is 48.5 Å². The molecule has 30 heavy (non-hydrogen) atoms. The van der Waals surface area contributed by atoms with E-state index >= 15 is 0 Å². The van der Waals surface area contributed by atoms with Crippen LogP contribution >= 0.6 is 0 Å². The van der Waals surface area contributed by atoms with Crippen LogP contribution in [-0.4, -0.2) is 18.9 Å². The first-order chi connectivity index (χ1) is 14.9. The van der Waals surface area contributed by atoms with Crippen LogP contribution in [0.15, 0.2) is 97.6 Å². The van der Waals surface area contributed by atoms with Crippen LogP contribution in [0.25, 0.3) is 54.8 Å². The van der Waals surface area contributed by atoms with Gasteiger partial charge in [0.05, 0.1) is 21.9 Å². The second-order valence-electron chi connectivity index (χ2n) is 7.59. The number of nitrogens with zero attached hydrogens (tertiary/aromatic N) is 4. The Bertz CT molecular complexity index is 1740. The number of benzene rings is 3. The number of para-hydroxylation sites is 2. The smallest absolute Gasteiger partial charge is 0.147 e. The fraction of sp³-hybridized carbons (Fsp3) is 0. The average Bonchev–Trinajstić information content (AvgIpc) is 3.43. The SMILES string of the molecule is c1ccc(-n2c3ccccc3c3ccc4c5cnccc5n5ccnc5c4c32)cc1. The summed E-state index contributed by atoms with van der Waals surface area (Å²) in [4.78, 5) is 9.20. The van der Waals surface area contributed by atoms with Gasteiger partial charge in [-0.2, -0.15) is 0 Å². The number of hydrogen-bond donors (Lipinski definition) is 0. The summed E-state index contributed by atoms with van der Waals surface area (Å²) < 4.78 is 4.54. The number of pyridine rings is 2. The third kappa shape index (κ3) is 1.90. The van der Waals surface area contributed by atoms with Crippen molar-refractivity contribution < 1.29 is 0 Å². The first-order valence-corrected chi connectivity index (χ1v) is 10.0. The van der Waals surface area contributed by atoms with Gasteiger partial charge in [-0.3, -0.25) is 9.38 Å². The van der Waals surface area contributed by atoms with E-state index in [0.29, 0.717) is 0 Å². The molecule has 0 N–H and O–H groups in total. The monoisotopic (exact) mass is 384 g/mol. The Morgan fingerprint density at radius 1 is 0.633 bits per heavy atom. The van der Waals surface area contributed by atoms with Gasteiger partial charge in [-0.05, 0) is 29.7 Å². The van der Waals surface area contributed by atoms with Crippen molar-refractivity contribution in [1.29, 1.82) is 0 Å². The minimum absolute atomic E-state index is 0.967. The van der Waals surface area contributed by atoms with Crippen LogP contribution < -0.4 is 0 Å². The van der Waals surface area contributed by atoms with E-state index in [2.05, 4.69) is 86.7 Å². The van der Waals surface area contributed by atoms with Gasteiger partial charge in [0.2, 0.25) is 0 Å². The molecule has 4 heteroatoms. The molecule has 0 aliphatic rings. The lowest BCUT2D eigenvalue weighted by atomic mass is 10.0. The van der Waals surface area contributed by atoms with E-state index in [9.17, 15) is 0 Å². The van der Waals surface area contributed by atoms with E-state index in [4.69, 9.17) is 4.98 Å². The summed E-state index contributed by atoms with van der Waals surface area (Å²) in [7, 11) is 0. The van der Waals surface area contributed by atoms with Crippen LogP contribution in [0.1, 0.15) is 0 Å². The molecule has 0 aliphatic carbocycles. The Labute approximate surface area is 171 Å². The number of aromatic nitrogens is 4. The Hall–Kier alpha value is -4.18. The lowest BCUT2D eigenvalue weighted by Crippen LogP contribution is -1.97. The van der Waals surface area contributed by atoms with Gasteiger partial charge < -0.3 is 4.57 Å². The standard InChI is InChI=1S/C26H16N4/c1-2-6-17(7-3-1)30-23-9-5-4-8-18(23)20-11-10-19-21-16-27-13-12-22(21)29-15-14-28-26(29)24(19)25(20)30/h1-16H. The predicted molar refractivity (Wildman–Crippen MR) is 122 cm³/mol. The van der Waals surface area contributed by atoms with Gasteiger partial charge in [0.15, 0.2) is 0 Å². The molecule has 7 rings (SSSR count). The van der Waals surface area contributed by atoms with Crippen LogP contribution in [0.5, 0.6) is 0 Å². The summed E-state index contributed by atoms with van der Waals surface area (Å²) in [5.74, 6) is 0. The van der Waals surface area contributed by atoms with Gasteiger partial charge in [-0.25, -0.2) is 4.98 Å². The number of hydrogen-bond acceptors (Lipinski definition) is 2. The van der Waals surface area contributed by atoms with Crippen molar-refractivity contribution in [3.05, 3.63) is 97.6 Å². The zero-order valence-corrected chi connectivity index (χ0v) is 16.0. The van der Waals surface area contributed by atoms with Crippen molar-refractivity contribution in [3.8, 4) is 5.69 Å². The van der Waals surface area contributed by atoms with Gasteiger partial charge >= 0.3 is 0 Å². The van der Waals surface area contributed by atoms with Crippen molar-refractivity contribution in [2.24, 2.45) is 0 Å². The molecular formula is C26H16N4. The molecule has 0 bridgehead atoms. The van der Waals surface area contributed by atoms with Crippen LogP contribution in [0.4, 0.5) is 0 Å². The van der Waals surface area contributed by atoms with E-state index in [0.717, 1.165) is 27.6 Å². The fourth-order valence-electron chi connectivity index (χ4n) is 4.84. The number of imidazole rings is 1. The topological polar surface area (TPSA) is 35.1 Å². The maximum Gasteiger partial charge on any atom is 0.147 e. The van der Waals surface area contributed by atoms with Crippen LogP contribution in [0, 0.1) is 0 Å². The Morgan fingerprint density at radius 3 is 2.40 bits per heavy atom. The predicted octanol–water partition coefficient (Wildman–Crippen LogP) is 6.13. The van der Waals surface area contributed by atoms with E-state index < -0.39 is 0 Å². The van der Waals surface area contributed by atoms with Crippen LogP contribution in [-0.2, 0) is 0 Å². The van der Waals surface area contributed by atoms with Crippen molar-refractivity contribution >= 4 is 49.1 Å². The van der Waals surface area contributed by atoms with E-state index in [1.165, 1.54) is 27.2 Å². The van der Waals surface area contributed by atoms with Gasteiger partial charge in [0.1, 0.15) is 5.65 Å². The largest absolute Gasteiger partial charge is 0.308 e. The summed E-state index contributed by atoms with van der Waals surface area (Å²) >= 11 is 0. The molecule has 0 spiro atoms. The number of rotatable bonds is 1. The van der Waals surface area contributed by atoms with E-state index in [1.54, 1.807) is 0 Å². The maximum atomic E-state index is 4.78. The molecule has 0 aliphatic heterocycles. The van der Waals surface area contributed by atoms with Crippen molar-refractivity contribution in [2.75, 3.05) is 0 Å². The van der Waals surface area contributed by atoms with Crippen molar-refractivity contribution in [3.63, 3.8) is 0 Å². The molecule has 3 aromatic carbocycles. The molecule has 0 amide bonds. The minimum atomic E-state index is 0.967. The van der Waals surface area contributed by atoms with Gasteiger partial charge in [-0.15, -0.1) is 0 Å². The molecule has 4 heterocycles. The molecule has 4 aromatic heterocycles. The molecular weight excluding hydrogens is 368 g/mol. The summed E-state index contributed by atoms with van der Waals surface area (Å²) in [6.07, 6.45) is 7.71. The molecule has 140 valence electrons. The van der Waals surface area contributed by atoms with Gasteiger partial charge in [0, 0.05) is 46.6 Å². The summed E-state index contributed by atoms with van der Waals surface area (Å²) in [6, 6.07) is 25.7. The van der Waals surface area contributed by atoms with E-state index in [1.807, 2.05) is 24.8 Å². The average molecular weight is 384 g/mol. The molecule has 4 nitrogen and oxygen atoms in total. The molecule has 0 saturated heterocycles. The first-order valence-electron chi connectivity index (χ1n) is 10.0. The van der Waals surface area contributed by atoms with Crippen molar-refractivity contribution in [1.82, 2.24) is 18.9 Å². The summed E-state index contributed by atoms with van der Waals surface area (Å²) in [5.41, 5.74) is 5.61. The van der Waals surface area contributed by atoms with Crippen LogP contribution in [0.3, 0.4) is 0 Å². The Kier molecular flexibility index (Phi) is 2.97. The Morgan fingerprint density at radius 2 is 1.47 bits per heavy atom. The summed E-state index contributed by atoms with van der Waals surface area (Å²) in [6.45, 7) is 0. The van der Waals surface area contributed by atoms with Crippen LogP contribution in [0.2, 0.25) is 0 Å². The second kappa shape index (κ2) is 5.67. The third-order valence-corrected chi connectivity index (χ3v) is 6.06. The highest BCUT2D eigenvalue weighted by atomic mass is 15.0. The highest BCUT2D eigenvalue weighted by molar-refractivity contribution is 6.26. The Balaban J connectivity index is 1.86. The fourth-order valence-corrected chi connectivity index (χ4v) is 4.84. The van der Waals surface area contributed by atoms with Crippen molar-refractivity contribution in [2.45, 2.75) is 0 Å². The molecule has 0 saturated carbocycles. The highest BCUT2D eigenvalue weighted by Crippen LogP contribution is 2.39. The first kappa shape index (κ1) is 15.7. The molecule has 7 aromatic rings. The zero-order chi connectivity index (χ0) is 19.7. The quantitative estimate of drug-likeness (QED) is 0.319. The normalized spacial score (nSPS) is 12.0. The zero-order valence-electron chi connectivity index (χ0n) is 16.0. The number of fused-ring (bicyclic) bond motifs is 10. The maximum absolute atomic E-state index is 4.78. The van der Waals surface area contributed by atoms with E-state index in [-0.39, 0.29) is 0 Å². The lowest BCUT2D eigenvalue weighted by Gasteiger charge is -2.12. The second-order valence-corrected chi connectivity index (χ2v) is 7.59. The minimum Gasteiger partial charge on any atom is -0.308 e. The molecule has 0 fully saturated rings. The molecule has 0 radical (unpaired) electrons.